The number of thioether (sulfide) groups is 1. The summed E-state index contributed by atoms with van der Waals surface area (Å²) >= 11 is 6.77. The van der Waals surface area contributed by atoms with Crippen molar-refractivity contribution in [2.75, 3.05) is 18.8 Å². The number of hydrogen-bond acceptors (Lipinski definition) is 8. The van der Waals surface area contributed by atoms with Crippen LogP contribution in [0.1, 0.15) is 38.7 Å². The Bertz CT molecular complexity index is 776. The number of ether oxygens (including phenoxy) is 1. The van der Waals surface area contributed by atoms with Gasteiger partial charge in [-0.25, -0.2) is 0 Å². The normalized spacial score (nSPS) is 16.1. The highest BCUT2D eigenvalue weighted by Crippen LogP contribution is 2.22. The van der Waals surface area contributed by atoms with Crippen molar-refractivity contribution >= 4 is 34.3 Å². The quantitative estimate of drug-likeness (QED) is 0.547. The van der Waals surface area contributed by atoms with Gasteiger partial charge in [0.1, 0.15) is 4.32 Å². The molecule has 3 heterocycles. The molecular formula is C18H22N4O3S2. The maximum absolute atomic E-state index is 12.1. The number of pyridine rings is 1. The molecule has 144 valence electrons. The number of nitrogens with zero attached hydrogens (tertiary/aromatic N) is 4. The Kier molecular flexibility index (Phi) is 6.78. The van der Waals surface area contributed by atoms with Crippen molar-refractivity contribution in [3.8, 4) is 11.4 Å². The van der Waals surface area contributed by atoms with Crippen molar-refractivity contribution in [2.45, 2.75) is 32.8 Å². The van der Waals surface area contributed by atoms with Crippen LogP contribution in [-0.2, 0) is 9.53 Å². The van der Waals surface area contributed by atoms with Gasteiger partial charge in [-0.3, -0.25) is 9.78 Å². The fraction of sp³-hybridized carbons (Fsp3) is 0.500. The van der Waals surface area contributed by atoms with E-state index < -0.39 is 6.10 Å². The SMILES string of the molecule is CC1CCN(C(=S)SCC(=O)OC(C)c2nc(-c3cccnc3)no2)CC1. The highest BCUT2D eigenvalue weighted by molar-refractivity contribution is 8.23. The second kappa shape index (κ2) is 9.27. The van der Waals surface area contributed by atoms with Crippen LogP contribution < -0.4 is 0 Å². The zero-order valence-corrected chi connectivity index (χ0v) is 17.0. The molecule has 7 nitrogen and oxygen atoms in total. The zero-order chi connectivity index (χ0) is 19.2. The summed E-state index contributed by atoms with van der Waals surface area (Å²) in [5, 5.41) is 3.91. The summed E-state index contributed by atoms with van der Waals surface area (Å²) in [4.78, 5) is 22.6. The largest absolute Gasteiger partial charge is 0.452 e. The lowest BCUT2D eigenvalue weighted by Gasteiger charge is -2.31. The van der Waals surface area contributed by atoms with Crippen LogP contribution in [-0.4, -0.2) is 49.2 Å². The van der Waals surface area contributed by atoms with Gasteiger partial charge in [0.05, 0.1) is 5.75 Å². The van der Waals surface area contributed by atoms with Gasteiger partial charge in [0.25, 0.3) is 5.89 Å². The molecule has 1 aliphatic heterocycles. The van der Waals surface area contributed by atoms with E-state index in [1.54, 1.807) is 25.4 Å². The van der Waals surface area contributed by atoms with Gasteiger partial charge in [-0.2, -0.15) is 4.98 Å². The Balaban J connectivity index is 1.46. The third-order valence-electron chi connectivity index (χ3n) is 4.37. The second-order valence-corrected chi connectivity index (χ2v) is 8.16. The number of rotatable bonds is 5. The van der Waals surface area contributed by atoms with E-state index in [0.717, 1.165) is 41.7 Å². The van der Waals surface area contributed by atoms with E-state index in [4.69, 9.17) is 21.5 Å². The fourth-order valence-electron chi connectivity index (χ4n) is 2.70. The molecule has 1 aliphatic rings. The lowest BCUT2D eigenvalue weighted by atomic mass is 10.00. The lowest BCUT2D eigenvalue weighted by Crippen LogP contribution is -2.35. The van der Waals surface area contributed by atoms with Crippen LogP contribution >= 0.6 is 24.0 Å². The number of thiocarbonyl (C=S) groups is 1. The second-order valence-electron chi connectivity index (χ2n) is 6.55. The number of carbonyl (C=O) groups is 1. The van der Waals surface area contributed by atoms with Crippen LogP contribution in [0.5, 0.6) is 0 Å². The predicted molar refractivity (Wildman–Crippen MR) is 107 cm³/mol. The van der Waals surface area contributed by atoms with E-state index in [0.29, 0.717) is 5.82 Å². The summed E-state index contributed by atoms with van der Waals surface area (Å²) in [6, 6.07) is 3.62. The molecule has 0 bridgehead atoms. The molecule has 0 radical (unpaired) electrons. The van der Waals surface area contributed by atoms with Crippen LogP contribution in [0.4, 0.5) is 0 Å². The molecule has 3 rings (SSSR count). The molecule has 2 aromatic rings. The number of carbonyl (C=O) groups excluding carboxylic acids is 1. The molecule has 0 amide bonds. The summed E-state index contributed by atoms with van der Waals surface area (Å²) in [7, 11) is 0. The molecular weight excluding hydrogens is 384 g/mol. The van der Waals surface area contributed by atoms with E-state index in [2.05, 4.69) is 26.9 Å². The highest BCUT2D eigenvalue weighted by Gasteiger charge is 2.22. The standard InChI is InChI=1S/C18H22N4O3S2/c1-12-5-8-22(9-6-12)18(26)27-11-15(23)24-13(2)17-20-16(21-25-17)14-4-3-7-19-10-14/h3-4,7,10,12-13H,5-6,8-9,11H2,1-2H3. The van der Waals surface area contributed by atoms with Gasteiger partial charge in [-0.05, 0) is 37.8 Å². The highest BCUT2D eigenvalue weighted by atomic mass is 32.2. The van der Waals surface area contributed by atoms with E-state index in [1.807, 2.05) is 6.07 Å². The van der Waals surface area contributed by atoms with Crippen molar-refractivity contribution < 1.29 is 14.1 Å². The number of esters is 1. The molecule has 1 fully saturated rings. The summed E-state index contributed by atoms with van der Waals surface area (Å²) < 4.78 is 11.3. The van der Waals surface area contributed by atoms with E-state index in [1.165, 1.54) is 11.8 Å². The molecule has 27 heavy (non-hydrogen) atoms. The monoisotopic (exact) mass is 406 g/mol. The molecule has 9 heteroatoms. The first kappa shape index (κ1) is 19.8. The summed E-state index contributed by atoms with van der Waals surface area (Å²) in [6.07, 6.45) is 4.96. The van der Waals surface area contributed by atoms with Gasteiger partial charge in [0, 0.05) is 31.0 Å². The predicted octanol–water partition coefficient (Wildman–Crippen LogP) is 3.49. The van der Waals surface area contributed by atoms with Crippen molar-refractivity contribution in [3.05, 3.63) is 30.4 Å². The van der Waals surface area contributed by atoms with Crippen molar-refractivity contribution in [1.82, 2.24) is 20.0 Å². The summed E-state index contributed by atoms with van der Waals surface area (Å²) in [5.41, 5.74) is 0.739. The molecule has 0 saturated carbocycles. The Morgan fingerprint density at radius 2 is 2.26 bits per heavy atom. The maximum atomic E-state index is 12.1. The molecule has 0 N–H and O–H groups in total. The van der Waals surface area contributed by atoms with Gasteiger partial charge >= 0.3 is 5.97 Å². The average molecular weight is 407 g/mol. The Labute approximate surface area is 167 Å². The van der Waals surface area contributed by atoms with Gasteiger partial charge in [0.15, 0.2) is 6.10 Å². The minimum Gasteiger partial charge on any atom is -0.452 e. The molecule has 0 aliphatic carbocycles. The van der Waals surface area contributed by atoms with Crippen LogP contribution in [0.25, 0.3) is 11.4 Å². The van der Waals surface area contributed by atoms with Gasteiger partial charge in [-0.15, -0.1) is 0 Å². The number of piperidine rings is 1. The number of hydrogen-bond donors (Lipinski definition) is 0. The first-order valence-corrected chi connectivity index (χ1v) is 10.3. The lowest BCUT2D eigenvalue weighted by molar-refractivity contribution is -0.146. The van der Waals surface area contributed by atoms with Gasteiger partial charge in [-0.1, -0.05) is 36.1 Å². The van der Waals surface area contributed by atoms with E-state index >= 15 is 0 Å². The number of aromatic nitrogens is 3. The first-order valence-electron chi connectivity index (χ1n) is 8.88. The maximum Gasteiger partial charge on any atom is 0.317 e. The van der Waals surface area contributed by atoms with E-state index in [9.17, 15) is 4.79 Å². The molecule has 2 aromatic heterocycles. The first-order chi connectivity index (χ1) is 13.0. The van der Waals surface area contributed by atoms with Crippen molar-refractivity contribution in [1.29, 1.82) is 0 Å². The summed E-state index contributed by atoms with van der Waals surface area (Å²) in [5.74, 6) is 1.21. The third kappa shape index (κ3) is 5.49. The molecule has 0 spiro atoms. The topological polar surface area (TPSA) is 81.4 Å². The van der Waals surface area contributed by atoms with E-state index in [-0.39, 0.29) is 17.6 Å². The zero-order valence-electron chi connectivity index (χ0n) is 15.3. The molecule has 1 saturated heterocycles. The molecule has 1 atom stereocenters. The Hall–Kier alpha value is -2.00. The van der Waals surface area contributed by atoms with Crippen molar-refractivity contribution in [2.24, 2.45) is 5.92 Å². The third-order valence-corrected chi connectivity index (χ3v) is 5.87. The van der Waals surface area contributed by atoms with Gasteiger partial charge < -0.3 is 14.2 Å². The Morgan fingerprint density at radius 1 is 1.48 bits per heavy atom. The minimum absolute atomic E-state index is 0.166. The Morgan fingerprint density at radius 3 is 2.96 bits per heavy atom. The van der Waals surface area contributed by atoms with Crippen LogP contribution in [0.2, 0.25) is 0 Å². The van der Waals surface area contributed by atoms with Crippen LogP contribution in [0.3, 0.4) is 0 Å². The minimum atomic E-state index is -0.625. The van der Waals surface area contributed by atoms with Gasteiger partial charge in [0.2, 0.25) is 5.82 Å². The fourth-order valence-corrected chi connectivity index (χ4v) is 3.73. The number of likely N-dealkylation sites (tertiary alicyclic amines) is 1. The summed E-state index contributed by atoms with van der Waals surface area (Å²) in [6.45, 7) is 5.87. The van der Waals surface area contributed by atoms with Crippen LogP contribution in [0.15, 0.2) is 29.0 Å². The molecule has 0 aromatic carbocycles. The van der Waals surface area contributed by atoms with Crippen molar-refractivity contribution in [3.63, 3.8) is 0 Å². The molecule has 1 unspecified atom stereocenters. The average Bonchev–Trinajstić information content (AvgIpc) is 3.18. The smallest absolute Gasteiger partial charge is 0.317 e. The van der Waals surface area contributed by atoms with Crippen LogP contribution in [0, 0.1) is 5.92 Å².